The third-order valence-corrected chi connectivity index (χ3v) is 7.61. The minimum atomic E-state index is -4.11. The first kappa shape index (κ1) is 23.9. The summed E-state index contributed by atoms with van der Waals surface area (Å²) in [5.74, 6) is 1.63. The molecule has 10 heteroatoms. The highest BCUT2D eigenvalue weighted by molar-refractivity contribution is 7.92. The SMILES string of the molecule is COC(=O)NS(=O)(=O)c1sc(CC(C)C)nc1-c1ccc(Cn2ccnc2C(C)C)cc1. The fraction of sp³-hybridized carbons (Fsp3) is 0.409. The molecular weight excluding hydrogens is 448 g/mol. The molecule has 8 nitrogen and oxygen atoms in total. The number of benzene rings is 1. The molecule has 0 unspecified atom stereocenters. The highest BCUT2D eigenvalue weighted by Gasteiger charge is 2.27. The molecule has 2 heterocycles. The molecule has 0 atom stereocenters. The molecule has 0 saturated heterocycles. The number of carbonyl (C=O) groups is 1. The molecular formula is C22H28N4O4S2. The Kier molecular flexibility index (Phi) is 7.35. The number of nitrogens with zero attached hydrogens (tertiary/aromatic N) is 3. The van der Waals surface area contributed by atoms with Crippen LogP contribution in [0.15, 0.2) is 40.9 Å². The van der Waals surface area contributed by atoms with Gasteiger partial charge in [-0.3, -0.25) is 0 Å². The fourth-order valence-electron chi connectivity index (χ4n) is 3.27. The van der Waals surface area contributed by atoms with Crippen LogP contribution in [-0.4, -0.2) is 36.2 Å². The lowest BCUT2D eigenvalue weighted by molar-refractivity contribution is 0.177. The molecule has 2 aromatic heterocycles. The number of imidazole rings is 1. The van der Waals surface area contributed by atoms with Gasteiger partial charge in [0.25, 0.3) is 10.0 Å². The van der Waals surface area contributed by atoms with E-state index in [4.69, 9.17) is 0 Å². The van der Waals surface area contributed by atoms with Gasteiger partial charge in [0.05, 0.1) is 12.1 Å². The number of hydrogen-bond acceptors (Lipinski definition) is 7. The van der Waals surface area contributed by atoms with Gasteiger partial charge in [-0.25, -0.2) is 27.9 Å². The van der Waals surface area contributed by atoms with E-state index < -0.39 is 16.1 Å². The second-order valence-corrected chi connectivity index (χ2v) is 11.2. The zero-order valence-electron chi connectivity index (χ0n) is 18.8. The highest BCUT2D eigenvalue weighted by atomic mass is 32.2. The molecule has 0 aliphatic carbocycles. The van der Waals surface area contributed by atoms with Crippen molar-refractivity contribution < 1.29 is 17.9 Å². The van der Waals surface area contributed by atoms with Crippen molar-refractivity contribution in [1.29, 1.82) is 0 Å². The van der Waals surface area contributed by atoms with Crippen molar-refractivity contribution in [1.82, 2.24) is 19.3 Å². The minimum absolute atomic E-state index is 0.00278. The zero-order chi connectivity index (χ0) is 23.5. The van der Waals surface area contributed by atoms with Crippen LogP contribution in [-0.2, 0) is 27.7 Å². The van der Waals surface area contributed by atoms with Crippen molar-refractivity contribution in [2.24, 2.45) is 5.92 Å². The van der Waals surface area contributed by atoms with Crippen LogP contribution >= 0.6 is 11.3 Å². The molecule has 172 valence electrons. The van der Waals surface area contributed by atoms with Gasteiger partial charge >= 0.3 is 6.09 Å². The number of thiazole rings is 1. The molecule has 0 aliphatic rings. The Hall–Kier alpha value is -2.72. The predicted molar refractivity (Wildman–Crippen MR) is 124 cm³/mol. The summed E-state index contributed by atoms with van der Waals surface area (Å²) in [4.78, 5) is 20.6. The smallest absolute Gasteiger partial charge is 0.420 e. The lowest BCUT2D eigenvalue weighted by atomic mass is 10.1. The Labute approximate surface area is 192 Å². The van der Waals surface area contributed by atoms with Crippen LogP contribution in [0.4, 0.5) is 4.79 Å². The maximum atomic E-state index is 12.8. The van der Waals surface area contributed by atoms with E-state index in [1.165, 1.54) is 0 Å². The van der Waals surface area contributed by atoms with Crippen LogP contribution in [0.3, 0.4) is 0 Å². The quantitative estimate of drug-likeness (QED) is 0.516. The van der Waals surface area contributed by atoms with E-state index in [0.29, 0.717) is 41.1 Å². The summed E-state index contributed by atoms with van der Waals surface area (Å²) < 4.78 is 34.1. The van der Waals surface area contributed by atoms with Crippen molar-refractivity contribution in [2.75, 3.05) is 7.11 Å². The Morgan fingerprint density at radius 2 is 1.88 bits per heavy atom. The van der Waals surface area contributed by atoms with Crippen LogP contribution in [0.5, 0.6) is 0 Å². The largest absolute Gasteiger partial charge is 0.452 e. The van der Waals surface area contributed by atoms with Crippen LogP contribution < -0.4 is 4.72 Å². The Balaban J connectivity index is 1.94. The van der Waals surface area contributed by atoms with Gasteiger partial charge in [-0.2, -0.15) is 0 Å². The second-order valence-electron chi connectivity index (χ2n) is 8.20. The topological polar surface area (TPSA) is 103 Å². The molecule has 0 saturated carbocycles. The van der Waals surface area contributed by atoms with E-state index in [-0.39, 0.29) is 4.21 Å². The van der Waals surface area contributed by atoms with Gasteiger partial charge in [0.2, 0.25) is 0 Å². The summed E-state index contributed by atoms with van der Waals surface area (Å²) in [6, 6.07) is 7.61. The summed E-state index contributed by atoms with van der Waals surface area (Å²) in [5, 5.41) is 0.698. The van der Waals surface area contributed by atoms with Crippen LogP contribution in [0.25, 0.3) is 11.3 Å². The standard InChI is InChI=1S/C22H28N4O4S2/c1-14(2)12-18-24-19(21(31-18)32(28,29)25-22(27)30-5)17-8-6-16(7-9-17)13-26-11-10-23-20(26)15(3)4/h6-11,14-15H,12-13H2,1-5H3,(H,25,27). The number of carbonyl (C=O) groups excluding carboxylic acids is 1. The molecule has 1 aromatic carbocycles. The highest BCUT2D eigenvalue weighted by Crippen LogP contribution is 2.33. The third kappa shape index (κ3) is 5.55. The first-order valence-corrected chi connectivity index (χ1v) is 12.6. The van der Waals surface area contributed by atoms with Crippen LogP contribution in [0.2, 0.25) is 0 Å². The predicted octanol–water partition coefficient (Wildman–Crippen LogP) is 4.42. The molecule has 3 rings (SSSR count). The van der Waals surface area contributed by atoms with Crippen molar-refractivity contribution in [3.05, 3.63) is 53.1 Å². The van der Waals surface area contributed by atoms with Crippen LogP contribution in [0.1, 0.15) is 50.0 Å². The summed E-state index contributed by atoms with van der Waals surface area (Å²) in [6.07, 6.45) is 3.35. The molecule has 0 radical (unpaired) electrons. The van der Waals surface area contributed by atoms with Crippen molar-refractivity contribution in [2.45, 2.75) is 50.8 Å². The molecule has 0 bridgehead atoms. The molecule has 32 heavy (non-hydrogen) atoms. The van der Waals surface area contributed by atoms with E-state index in [9.17, 15) is 13.2 Å². The van der Waals surface area contributed by atoms with Gasteiger partial charge in [0.15, 0.2) is 4.21 Å². The van der Waals surface area contributed by atoms with Gasteiger partial charge in [0.1, 0.15) is 11.5 Å². The van der Waals surface area contributed by atoms with Gasteiger partial charge < -0.3 is 9.30 Å². The van der Waals surface area contributed by atoms with Crippen molar-refractivity contribution >= 4 is 27.5 Å². The lowest BCUT2D eigenvalue weighted by Gasteiger charge is -2.11. The van der Waals surface area contributed by atoms with Gasteiger partial charge in [0, 0.05) is 36.8 Å². The average molecular weight is 477 g/mol. The fourth-order valence-corrected chi connectivity index (χ4v) is 5.96. The maximum absolute atomic E-state index is 12.8. The first-order chi connectivity index (χ1) is 15.1. The molecule has 1 N–H and O–H groups in total. The molecule has 0 spiro atoms. The maximum Gasteiger partial charge on any atom is 0.420 e. The van der Waals surface area contributed by atoms with E-state index in [1.54, 1.807) is 6.20 Å². The van der Waals surface area contributed by atoms with Crippen molar-refractivity contribution in [3.8, 4) is 11.3 Å². The number of aromatic nitrogens is 3. The number of amides is 1. The molecule has 0 aliphatic heterocycles. The van der Waals surface area contributed by atoms with E-state index in [1.807, 2.05) is 49.0 Å². The normalized spacial score (nSPS) is 11.8. The summed E-state index contributed by atoms with van der Waals surface area (Å²) in [6.45, 7) is 8.95. The minimum Gasteiger partial charge on any atom is -0.452 e. The van der Waals surface area contributed by atoms with Gasteiger partial charge in [-0.15, -0.1) is 11.3 Å². The zero-order valence-corrected chi connectivity index (χ0v) is 20.5. The number of rotatable bonds is 8. The van der Waals surface area contributed by atoms with Crippen molar-refractivity contribution in [3.63, 3.8) is 0 Å². The summed E-state index contributed by atoms with van der Waals surface area (Å²) >= 11 is 1.07. The van der Waals surface area contributed by atoms with E-state index in [2.05, 4.69) is 33.1 Å². The van der Waals surface area contributed by atoms with Gasteiger partial charge in [-0.05, 0) is 11.5 Å². The molecule has 0 fully saturated rings. The summed E-state index contributed by atoms with van der Waals surface area (Å²) in [7, 11) is -3.00. The lowest BCUT2D eigenvalue weighted by Crippen LogP contribution is -2.30. The summed E-state index contributed by atoms with van der Waals surface area (Å²) in [5.41, 5.74) is 2.06. The van der Waals surface area contributed by atoms with E-state index in [0.717, 1.165) is 29.8 Å². The van der Waals surface area contributed by atoms with E-state index >= 15 is 0 Å². The Morgan fingerprint density at radius 1 is 1.19 bits per heavy atom. The first-order valence-electron chi connectivity index (χ1n) is 10.3. The number of nitrogens with one attached hydrogen (secondary N) is 1. The second kappa shape index (κ2) is 9.83. The van der Waals surface area contributed by atoms with Gasteiger partial charge in [-0.1, -0.05) is 52.0 Å². The average Bonchev–Trinajstić information content (AvgIpc) is 3.35. The Bertz CT molecular complexity index is 1180. The number of ether oxygens (including phenoxy) is 1. The molecule has 1 amide bonds. The number of sulfonamides is 1. The molecule has 3 aromatic rings. The van der Waals surface area contributed by atoms with Crippen LogP contribution in [0, 0.1) is 5.92 Å². The number of hydrogen-bond donors (Lipinski definition) is 1. The number of methoxy groups -OCH3 is 1. The Morgan fingerprint density at radius 3 is 2.47 bits per heavy atom. The third-order valence-electron chi connectivity index (χ3n) is 4.71. The monoisotopic (exact) mass is 476 g/mol.